The highest BCUT2D eigenvalue weighted by Gasteiger charge is 2.33. The standard InChI is InChI=1S/C15H18N2OS/c1-9(10-3-4-10)17(2)15(18)14-8-11-7-12(16)5-6-13(11)19-14/h5-10H,3-4,16H2,1-2H3. The van der Waals surface area contributed by atoms with E-state index in [1.807, 2.05) is 36.2 Å². The molecule has 1 atom stereocenters. The van der Waals surface area contributed by atoms with Crippen molar-refractivity contribution in [1.82, 2.24) is 4.90 Å². The van der Waals surface area contributed by atoms with Gasteiger partial charge in [-0.3, -0.25) is 4.79 Å². The van der Waals surface area contributed by atoms with Crippen LogP contribution in [0.1, 0.15) is 29.4 Å². The summed E-state index contributed by atoms with van der Waals surface area (Å²) in [6, 6.07) is 8.07. The van der Waals surface area contributed by atoms with E-state index in [1.165, 1.54) is 12.8 Å². The Morgan fingerprint density at radius 3 is 2.84 bits per heavy atom. The summed E-state index contributed by atoms with van der Waals surface area (Å²) in [5, 5.41) is 1.06. The zero-order chi connectivity index (χ0) is 13.6. The molecule has 1 amide bonds. The number of thiophene rings is 1. The number of nitrogens with two attached hydrogens (primary N) is 1. The fourth-order valence-corrected chi connectivity index (χ4v) is 3.45. The number of nitrogen functional groups attached to an aromatic ring is 1. The van der Waals surface area contributed by atoms with Gasteiger partial charge in [0.25, 0.3) is 5.91 Å². The average molecular weight is 274 g/mol. The Labute approximate surface area is 117 Å². The number of hydrogen-bond donors (Lipinski definition) is 1. The van der Waals surface area contributed by atoms with Crippen LogP contribution in [0, 0.1) is 5.92 Å². The van der Waals surface area contributed by atoms with Crippen molar-refractivity contribution in [2.45, 2.75) is 25.8 Å². The van der Waals surface area contributed by atoms with Crippen LogP contribution in [-0.2, 0) is 0 Å². The van der Waals surface area contributed by atoms with Gasteiger partial charge in [-0.05, 0) is 55.3 Å². The third kappa shape index (κ3) is 2.32. The SMILES string of the molecule is CC(C1CC1)N(C)C(=O)c1cc2cc(N)ccc2s1. The van der Waals surface area contributed by atoms with Gasteiger partial charge in [-0.15, -0.1) is 11.3 Å². The molecule has 3 rings (SSSR count). The lowest BCUT2D eigenvalue weighted by atomic mass is 10.2. The monoisotopic (exact) mass is 274 g/mol. The second-order valence-corrected chi connectivity index (χ2v) is 6.49. The number of rotatable bonds is 3. The summed E-state index contributed by atoms with van der Waals surface area (Å²) in [5.74, 6) is 0.818. The van der Waals surface area contributed by atoms with Gasteiger partial charge < -0.3 is 10.6 Å². The van der Waals surface area contributed by atoms with E-state index >= 15 is 0 Å². The van der Waals surface area contributed by atoms with Gasteiger partial charge in [-0.1, -0.05) is 0 Å². The Balaban J connectivity index is 1.88. The first-order chi connectivity index (χ1) is 9.06. The molecule has 4 heteroatoms. The average Bonchev–Trinajstić information content (AvgIpc) is 3.16. The minimum atomic E-state index is 0.124. The molecule has 1 aliphatic carbocycles. The number of hydrogen-bond acceptors (Lipinski definition) is 3. The van der Waals surface area contributed by atoms with Crippen molar-refractivity contribution in [3.8, 4) is 0 Å². The fraction of sp³-hybridized carbons (Fsp3) is 0.400. The van der Waals surface area contributed by atoms with Gasteiger partial charge in [0.2, 0.25) is 0 Å². The normalized spacial score (nSPS) is 16.5. The van der Waals surface area contributed by atoms with Crippen molar-refractivity contribution in [3.63, 3.8) is 0 Å². The molecule has 2 N–H and O–H groups in total. The molecular weight excluding hydrogens is 256 g/mol. The predicted octanol–water partition coefficient (Wildman–Crippen LogP) is 3.35. The first-order valence-corrected chi connectivity index (χ1v) is 7.44. The van der Waals surface area contributed by atoms with E-state index in [0.29, 0.717) is 12.0 Å². The lowest BCUT2D eigenvalue weighted by Crippen LogP contribution is -2.35. The summed E-state index contributed by atoms with van der Waals surface area (Å²) < 4.78 is 1.12. The van der Waals surface area contributed by atoms with Crippen LogP contribution in [0.15, 0.2) is 24.3 Å². The lowest BCUT2D eigenvalue weighted by molar-refractivity contribution is 0.0732. The molecule has 1 aliphatic rings. The van der Waals surface area contributed by atoms with E-state index in [0.717, 1.165) is 20.7 Å². The molecule has 1 aromatic carbocycles. The van der Waals surface area contributed by atoms with Crippen LogP contribution < -0.4 is 5.73 Å². The maximum absolute atomic E-state index is 12.5. The summed E-state index contributed by atoms with van der Waals surface area (Å²) in [5.41, 5.74) is 6.51. The Kier molecular flexibility index (Phi) is 2.97. The number of anilines is 1. The van der Waals surface area contributed by atoms with Crippen molar-refractivity contribution < 1.29 is 4.79 Å². The van der Waals surface area contributed by atoms with Crippen molar-refractivity contribution in [2.24, 2.45) is 5.92 Å². The topological polar surface area (TPSA) is 46.3 Å². The van der Waals surface area contributed by atoms with E-state index in [2.05, 4.69) is 6.92 Å². The summed E-state index contributed by atoms with van der Waals surface area (Å²) in [6.45, 7) is 2.14. The van der Waals surface area contributed by atoms with Gasteiger partial charge in [0.05, 0.1) is 4.88 Å². The molecule has 0 spiro atoms. The molecule has 1 saturated carbocycles. The molecule has 0 radical (unpaired) electrons. The second-order valence-electron chi connectivity index (χ2n) is 5.40. The highest BCUT2D eigenvalue weighted by Crippen LogP contribution is 2.36. The van der Waals surface area contributed by atoms with E-state index in [-0.39, 0.29) is 5.91 Å². The highest BCUT2D eigenvalue weighted by molar-refractivity contribution is 7.20. The second kappa shape index (κ2) is 4.53. The molecule has 0 saturated heterocycles. The Hall–Kier alpha value is -1.55. The minimum absolute atomic E-state index is 0.124. The maximum Gasteiger partial charge on any atom is 0.263 e. The smallest absolute Gasteiger partial charge is 0.263 e. The first kappa shape index (κ1) is 12.5. The van der Waals surface area contributed by atoms with E-state index < -0.39 is 0 Å². The zero-order valence-corrected chi connectivity index (χ0v) is 12.0. The molecule has 2 aromatic rings. The van der Waals surface area contributed by atoms with Gasteiger partial charge in [0, 0.05) is 23.5 Å². The molecule has 3 nitrogen and oxygen atoms in total. The molecule has 100 valence electrons. The molecule has 1 aromatic heterocycles. The first-order valence-electron chi connectivity index (χ1n) is 6.62. The van der Waals surface area contributed by atoms with E-state index in [4.69, 9.17) is 5.73 Å². The van der Waals surface area contributed by atoms with Crippen LogP contribution in [0.4, 0.5) is 5.69 Å². The maximum atomic E-state index is 12.5. The van der Waals surface area contributed by atoms with Crippen LogP contribution in [0.2, 0.25) is 0 Å². The van der Waals surface area contributed by atoms with Crippen LogP contribution in [-0.4, -0.2) is 23.9 Å². The molecule has 1 fully saturated rings. The van der Waals surface area contributed by atoms with Crippen molar-refractivity contribution >= 4 is 33.0 Å². The van der Waals surface area contributed by atoms with Gasteiger partial charge in [-0.25, -0.2) is 0 Å². The summed E-state index contributed by atoms with van der Waals surface area (Å²) in [7, 11) is 1.91. The number of amides is 1. The Morgan fingerprint density at radius 1 is 1.42 bits per heavy atom. The molecule has 1 heterocycles. The highest BCUT2D eigenvalue weighted by atomic mass is 32.1. The van der Waals surface area contributed by atoms with Gasteiger partial charge in [0.15, 0.2) is 0 Å². The van der Waals surface area contributed by atoms with Crippen LogP contribution in [0.3, 0.4) is 0 Å². The van der Waals surface area contributed by atoms with E-state index in [1.54, 1.807) is 11.3 Å². The minimum Gasteiger partial charge on any atom is -0.399 e. The molecule has 19 heavy (non-hydrogen) atoms. The van der Waals surface area contributed by atoms with Gasteiger partial charge >= 0.3 is 0 Å². The lowest BCUT2D eigenvalue weighted by Gasteiger charge is -2.24. The quantitative estimate of drug-likeness (QED) is 0.872. The van der Waals surface area contributed by atoms with Gasteiger partial charge in [0.1, 0.15) is 0 Å². The van der Waals surface area contributed by atoms with Crippen molar-refractivity contribution in [3.05, 3.63) is 29.1 Å². The zero-order valence-electron chi connectivity index (χ0n) is 11.2. The number of nitrogens with zero attached hydrogens (tertiary/aromatic N) is 1. The number of fused-ring (bicyclic) bond motifs is 1. The number of carbonyl (C=O) groups excluding carboxylic acids is 1. The Morgan fingerprint density at radius 2 is 2.16 bits per heavy atom. The van der Waals surface area contributed by atoms with Crippen LogP contribution in [0.25, 0.3) is 10.1 Å². The van der Waals surface area contributed by atoms with Crippen LogP contribution in [0.5, 0.6) is 0 Å². The number of carbonyl (C=O) groups is 1. The summed E-state index contributed by atoms with van der Waals surface area (Å²) in [6.07, 6.45) is 2.50. The largest absolute Gasteiger partial charge is 0.399 e. The van der Waals surface area contributed by atoms with Crippen LogP contribution >= 0.6 is 11.3 Å². The molecule has 0 bridgehead atoms. The molecule has 1 unspecified atom stereocenters. The fourth-order valence-electron chi connectivity index (χ4n) is 2.42. The number of benzene rings is 1. The van der Waals surface area contributed by atoms with E-state index in [9.17, 15) is 4.79 Å². The predicted molar refractivity (Wildman–Crippen MR) is 80.5 cm³/mol. The van der Waals surface area contributed by atoms with Gasteiger partial charge in [-0.2, -0.15) is 0 Å². The summed E-state index contributed by atoms with van der Waals surface area (Å²) >= 11 is 1.55. The summed E-state index contributed by atoms with van der Waals surface area (Å²) in [4.78, 5) is 15.2. The third-order valence-corrected chi connectivity index (χ3v) is 5.09. The van der Waals surface area contributed by atoms with Crippen molar-refractivity contribution in [2.75, 3.05) is 12.8 Å². The Bertz CT molecular complexity index is 630. The molecular formula is C15H18N2OS. The third-order valence-electron chi connectivity index (χ3n) is 3.99. The van der Waals surface area contributed by atoms with Crippen molar-refractivity contribution in [1.29, 1.82) is 0 Å². The molecule has 0 aliphatic heterocycles.